The van der Waals surface area contributed by atoms with Crippen LogP contribution in [-0.2, 0) is 25.7 Å². The van der Waals surface area contributed by atoms with Gasteiger partial charge in [-0.05, 0) is 17.9 Å². The zero-order valence-electron chi connectivity index (χ0n) is 12.5. The third-order valence-electron chi connectivity index (χ3n) is 3.76. The van der Waals surface area contributed by atoms with E-state index in [1.807, 2.05) is 30.3 Å². The van der Waals surface area contributed by atoms with Crippen LogP contribution in [0.4, 0.5) is 0 Å². The third kappa shape index (κ3) is 4.18. The number of esters is 1. The van der Waals surface area contributed by atoms with E-state index in [4.69, 9.17) is 9.47 Å². The number of carbonyl (C=O) groups excluding carboxylic acids is 2. The van der Waals surface area contributed by atoms with E-state index in [9.17, 15) is 14.7 Å². The van der Waals surface area contributed by atoms with Crippen LogP contribution in [-0.4, -0.2) is 30.6 Å². The zero-order chi connectivity index (χ0) is 15.9. The average molecular weight is 304 g/mol. The molecular weight excluding hydrogens is 284 g/mol. The number of rotatable bonds is 6. The van der Waals surface area contributed by atoms with Crippen molar-refractivity contribution in [2.45, 2.75) is 19.4 Å². The van der Waals surface area contributed by atoms with Gasteiger partial charge in [0.05, 0.1) is 13.7 Å². The lowest BCUT2D eigenvalue weighted by Crippen LogP contribution is -2.33. The minimum atomic E-state index is -0.775. The first-order chi connectivity index (χ1) is 10.6. The molecule has 118 valence electrons. The minimum Gasteiger partial charge on any atom is -0.511 e. The number of benzene rings is 1. The van der Waals surface area contributed by atoms with Gasteiger partial charge in [0.1, 0.15) is 11.7 Å². The summed E-state index contributed by atoms with van der Waals surface area (Å²) in [5, 5.41) is 9.84. The number of aliphatic hydroxyl groups is 1. The van der Waals surface area contributed by atoms with Crippen molar-refractivity contribution in [1.82, 2.24) is 0 Å². The third-order valence-corrected chi connectivity index (χ3v) is 3.76. The number of ketones is 1. The monoisotopic (exact) mass is 304 g/mol. The van der Waals surface area contributed by atoms with Gasteiger partial charge in [-0.3, -0.25) is 9.59 Å². The van der Waals surface area contributed by atoms with Crippen molar-refractivity contribution in [1.29, 1.82) is 0 Å². The normalized spacial score (nSPS) is 21.3. The second-order valence-electron chi connectivity index (χ2n) is 5.33. The van der Waals surface area contributed by atoms with E-state index < -0.39 is 11.9 Å². The van der Waals surface area contributed by atoms with E-state index >= 15 is 0 Å². The summed E-state index contributed by atoms with van der Waals surface area (Å²) in [6.45, 7) is 0.889. The topological polar surface area (TPSA) is 72.8 Å². The van der Waals surface area contributed by atoms with Crippen molar-refractivity contribution in [3.8, 4) is 0 Å². The molecule has 22 heavy (non-hydrogen) atoms. The molecule has 5 nitrogen and oxygen atoms in total. The highest BCUT2D eigenvalue weighted by atomic mass is 16.5. The van der Waals surface area contributed by atoms with Crippen molar-refractivity contribution < 1.29 is 24.2 Å². The van der Waals surface area contributed by atoms with Gasteiger partial charge in [0.15, 0.2) is 5.78 Å². The predicted octanol–water partition coefficient (Wildman–Crippen LogP) is 2.41. The first-order valence-electron chi connectivity index (χ1n) is 7.24. The summed E-state index contributed by atoms with van der Waals surface area (Å²) in [7, 11) is 1.27. The van der Waals surface area contributed by atoms with E-state index in [0.717, 1.165) is 11.6 Å². The lowest BCUT2D eigenvalue weighted by Gasteiger charge is -2.27. The molecule has 0 saturated carbocycles. The van der Waals surface area contributed by atoms with Crippen LogP contribution in [0.5, 0.6) is 0 Å². The molecule has 1 aromatic carbocycles. The highest BCUT2D eigenvalue weighted by Crippen LogP contribution is 2.31. The Bertz CT molecular complexity index is 549. The predicted molar refractivity (Wildman–Crippen MR) is 80.0 cm³/mol. The minimum absolute atomic E-state index is 0.175. The largest absolute Gasteiger partial charge is 0.511 e. The molecular formula is C17H20O5. The highest BCUT2D eigenvalue weighted by Gasteiger charge is 2.37. The Morgan fingerprint density at radius 1 is 1.32 bits per heavy atom. The van der Waals surface area contributed by atoms with Crippen molar-refractivity contribution in [2.24, 2.45) is 11.8 Å². The van der Waals surface area contributed by atoms with Gasteiger partial charge in [-0.1, -0.05) is 30.3 Å². The van der Waals surface area contributed by atoms with Crippen LogP contribution in [0.25, 0.3) is 0 Å². The van der Waals surface area contributed by atoms with Crippen LogP contribution in [0.15, 0.2) is 42.2 Å². The summed E-state index contributed by atoms with van der Waals surface area (Å²) in [5.41, 5.74) is 1.06. The molecule has 0 fully saturated rings. The quantitative estimate of drug-likeness (QED) is 0.645. The second-order valence-corrected chi connectivity index (χ2v) is 5.33. The maximum Gasteiger partial charge on any atom is 0.316 e. The number of allylic oxidation sites excluding steroid dienone is 1. The molecule has 1 aliphatic rings. The highest BCUT2D eigenvalue weighted by molar-refractivity contribution is 5.93. The summed E-state index contributed by atoms with van der Waals surface area (Å²) < 4.78 is 10.3. The van der Waals surface area contributed by atoms with E-state index in [2.05, 4.69) is 0 Å². The average Bonchev–Trinajstić information content (AvgIpc) is 2.51. The molecule has 1 aromatic rings. The van der Waals surface area contributed by atoms with Gasteiger partial charge < -0.3 is 14.6 Å². The SMILES string of the molecule is COC(=O)C1C(O)=CC(=O)CC1CCOCc1ccccc1. The molecule has 0 heterocycles. The molecule has 0 bridgehead atoms. The number of hydrogen-bond donors (Lipinski definition) is 1. The molecule has 1 aliphatic carbocycles. The summed E-state index contributed by atoms with van der Waals surface area (Å²) in [5.74, 6) is -1.97. The number of ether oxygens (including phenoxy) is 2. The smallest absolute Gasteiger partial charge is 0.316 e. The fourth-order valence-corrected chi connectivity index (χ4v) is 2.64. The van der Waals surface area contributed by atoms with Crippen LogP contribution in [0.2, 0.25) is 0 Å². The lowest BCUT2D eigenvalue weighted by molar-refractivity contribution is -0.148. The maximum atomic E-state index is 11.8. The molecule has 2 atom stereocenters. The van der Waals surface area contributed by atoms with Crippen molar-refractivity contribution in [3.05, 3.63) is 47.7 Å². The fraction of sp³-hybridized carbons (Fsp3) is 0.412. The first kappa shape index (κ1) is 16.2. The number of hydrogen-bond acceptors (Lipinski definition) is 5. The van der Waals surface area contributed by atoms with Gasteiger partial charge in [0.25, 0.3) is 0 Å². The second kappa shape index (κ2) is 7.75. The van der Waals surface area contributed by atoms with Crippen molar-refractivity contribution in [3.63, 3.8) is 0 Å². The van der Waals surface area contributed by atoms with Crippen LogP contribution in [0.3, 0.4) is 0 Å². The van der Waals surface area contributed by atoms with Gasteiger partial charge in [0, 0.05) is 19.1 Å². The summed E-state index contributed by atoms with van der Waals surface area (Å²) in [6, 6.07) is 9.75. The fourth-order valence-electron chi connectivity index (χ4n) is 2.64. The molecule has 5 heteroatoms. The lowest BCUT2D eigenvalue weighted by atomic mass is 9.80. The first-order valence-corrected chi connectivity index (χ1v) is 7.24. The van der Waals surface area contributed by atoms with E-state index in [0.29, 0.717) is 19.6 Å². The Morgan fingerprint density at radius 2 is 2.05 bits per heavy atom. The Hall–Kier alpha value is -2.14. The molecule has 0 spiro atoms. The Morgan fingerprint density at radius 3 is 2.73 bits per heavy atom. The maximum absolute atomic E-state index is 11.8. The summed E-state index contributed by atoms with van der Waals surface area (Å²) in [4.78, 5) is 23.3. The standard InChI is InChI=1S/C17H20O5/c1-21-17(20)16-13(9-14(18)10-15(16)19)7-8-22-11-12-5-3-2-4-6-12/h2-6,10,13,16,19H,7-9,11H2,1H3. The van der Waals surface area contributed by atoms with Gasteiger partial charge >= 0.3 is 5.97 Å². The number of methoxy groups -OCH3 is 1. The zero-order valence-corrected chi connectivity index (χ0v) is 12.5. The number of carbonyl (C=O) groups is 2. The van der Waals surface area contributed by atoms with Gasteiger partial charge in [0.2, 0.25) is 0 Å². The molecule has 2 rings (SSSR count). The van der Waals surface area contributed by atoms with E-state index in [1.165, 1.54) is 7.11 Å². The van der Waals surface area contributed by atoms with Gasteiger partial charge in [-0.2, -0.15) is 0 Å². The molecule has 0 radical (unpaired) electrons. The molecule has 2 unspecified atom stereocenters. The van der Waals surface area contributed by atoms with Crippen LogP contribution in [0.1, 0.15) is 18.4 Å². The van der Waals surface area contributed by atoms with Crippen LogP contribution in [0, 0.1) is 11.8 Å². The van der Waals surface area contributed by atoms with E-state index in [1.54, 1.807) is 0 Å². The molecule has 0 aliphatic heterocycles. The molecule has 1 N–H and O–H groups in total. The molecule has 0 amide bonds. The van der Waals surface area contributed by atoms with Crippen LogP contribution >= 0.6 is 0 Å². The van der Waals surface area contributed by atoms with E-state index in [-0.39, 0.29) is 23.9 Å². The van der Waals surface area contributed by atoms with Gasteiger partial charge in [-0.15, -0.1) is 0 Å². The summed E-state index contributed by atoms with van der Waals surface area (Å²) in [6.07, 6.45) is 1.84. The number of aliphatic hydroxyl groups excluding tert-OH is 1. The van der Waals surface area contributed by atoms with Crippen molar-refractivity contribution in [2.75, 3.05) is 13.7 Å². The van der Waals surface area contributed by atoms with Gasteiger partial charge in [-0.25, -0.2) is 0 Å². The van der Waals surface area contributed by atoms with Crippen LogP contribution < -0.4 is 0 Å². The Kier molecular flexibility index (Phi) is 5.72. The Balaban J connectivity index is 1.88. The van der Waals surface area contributed by atoms with Crippen molar-refractivity contribution >= 4 is 11.8 Å². The molecule has 0 aromatic heterocycles. The molecule has 0 saturated heterocycles. The Labute approximate surface area is 129 Å². The summed E-state index contributed by atoms with van der Waals surface area (Å²) >= 11 is 0.